The number of halogens is 1. The zero-order valence-electron chi connectivity index (χ0n) is 17.0. The number of aryl methyl sites for hydroxylation is 1. The van der Waals surface area contributed by atoms with Gasteiger partial charge in [-0.2, -0.15) is 0 Å². The van der Waals surface area contributed by atoms with Crippen molar-refractivity contribution in [2.45, 2.75) is 13.8 Å². The number of ether oxygens (including phenoxy) is 1. The molecule has 0 unspecified atom stereocenters. The predicted octanol–water partition coefficient (Wildman–Crippen LogP) is 2.11. The molecule has 0 saturated carbocycles. The van der Waals surface area contributed by atoms with Crippen molar-refractivity contribution in [1.29, 1.82) is 0 Å². The molecule has 1 aliphatic heterocycles. The molecule has 3 rings (SSSR count). The first kappa shape index (κ1) is 20.9. The molecule has 2 heterocycles. The van der Waals surface area contributed by atoms with Gasteiger partial charge in [0.1, 0.15) is 11.5 Å². The summed E-state index contributed by atoms with van der Waals surface area (Å²) in [6, 6.07) is 6.56. The molecule has 2 aromatic rings. The molecule has 0 radical (unpaired) electrons. The van der Waals surface area contributed by atoms with Gasteiger partial charge in [0.25, 0.3) is 5.91 Å². The number of rotatable bonds is 6. The van der Waals surface area contributed by atoms with Crippen molar-refractivity contribution >= 4 is 17.6 Å². The highest BCUT2D eigenvalue weighted by Crippen LogP contribution is 2.19. The first-order valence-corrected chi connectivity index (χ1v) is 9.69. The third kappa shape index (κ3) is 4.76. The highest BCUT2D eigenvalue weighted by Gasteiger charge is 2.22. The normalized spacial score (nSPS) is 14.7. The van der Waals surface area contributed by atoms with E-state index >= 15 is 0 Å². The maximum absolute atomic E-state index is 13.1. The summed E-state index contributed by atoms with van der Waals surface area (Å²) in [7, 11) is 1.32. The number of anilines is 1. The number of carbonyl (C=O) groups excluding carboxylic acids is 2. The van der Waals surface area contributed by atoms with Crippen LogP contribution < -0.4 is 10.2 Å². The summed E-state index contributed by atoms with van der Waals surface area (Å²) in [4.78, 5) is 31.8. The summed E-state index contributed by atoms with van der Waals surface area (Å²) in [5, 5.41) is 2.91. The number of hydrogen-bond acceptors (Lipinski definition) is 5. The first-order chi connectivity index (χ1) is 13.9. The van der Waals surface area contributed by atoms with Crippen LogP contribution in [0, 0.1) is 19.7 Å². The molecule has 29 heavy (non-hydrogen) atoms. The third-order valence-electron chi connectivity index (χ3n) is 5.33. The number of carbonyl (C=O) groups is 2. The Balaban J connectivity index is 1.47. The maximum Gasteiger partial charge on any atom is 0.339 e. The molecule has 1 saturated heterocycles. The number of nitrogens with zero attached hydrogens (tertiary/aromatic N) is 2. The molecular formula is C21H27FN4O3. The fraction of sp³-hybridized carbons (Fsp3) is 0.429. The molecule has 0 spiro atoms. The zero-order valence-corrected chi connectivity index (χ0v) is 17.0. The molecular weight excluding hydrogens is 375 g/mol. The van der Waals surface area contributed by atoms with Gasteiger partial charge in [-0.25, -0.2) is 9.18 Å². The van der Waals surface area contributed by atoms with E-state index < -0.39 is 5.97 Å². The summed E-state index contributed by atoms with van der Waals surface area (Å²) >= 11 is 0. The molecule has 8 heteroatoms. The summed E-state index contributed by atoms with van der Waals surface area (Å²) in [6.07, 6.45) is 0. The Morgan fingerprint density at radius 1 is 1.14 bits per heavy atom. The fourth-order valence-corrected chi connectivity index (χ4v) is 3.68. The minimum atomic E-state index is -0.450. The van der Waals surface area contributed by atoms with Crippen molar-refractivity contribution in [2.24, 2.45) is 0 Å². The number of methoxy groups -OCH3 is 1. The van der Waals surface area contributed by atoms with Gasteiger partial charge in [0.05, 0.1) is 12.7 Å². The standard InChI is InChI=1S/C21H27FN4O3/c1-14-18(21(28)29-3)15(2)24-19(14)20(27)23-8-9-25-10-12-26(13-11-25)17-6-4-16(22)5-7-17/h4-7,24H,8-13H2,1-3H3,(H,23,27). The second-order valence-corrected chi connectivity index (χ2v) is 7.18. The number of amides is 1. The van der Waals surface area contributed by atoms with Crippen LogP contribution in [0.1, 0.15) is 32.1 Å². The molecule has 0 aliphatic carbocycles. The van der Waals surface area contributed by atoms with Gasteiger partial charge in [0.2, 0.25) is 0 Å². The van der Waals surface area contributed by atoms with Gasteiger partial charge in [-0.3, -0.25) is 9.69 Å². The third-order valence-corrected chi connectivity index (χ3v) is 5.33. The van der Waals surface area contributed by atoms with E-state index in [0.29, 0.717) is 29.1 Å². The Morgan fingerprint density at radius 3 is 2.41 bits per heavy atom. The van der Waals surface area contributed by atoms with Crippen LogP contribution in [0.2, 0.25) is 0 Å². The van der Waals surface area contributed by atoms with Crippen LogP contribution in [-0.4, -0.2) is 68.1 Å². The Labute approximate surface area is 169 Å². The number of esters is 1. The van der Waals surface area contributed by atoms with Gasteiger partial charge >= 0.3 is 5.97 Å². The van der Waals surface area contributed by atoms with Crippen molar-refractivity contribution in [3.05, 3.63) is 52.6 Å². The van der Waals surface area contributed by atoms with Gasteiger partial charge in [0, 0.05) is 50.6 Å². The lowest BCUT2D eigenvalue weighted by Crippen LogP contribution is -2.48. The highest BCUT2D eigenvalue weighted by molar-refractivity contribution is 6.00. The van der Waals surface area contributed by atoms with Crippen LogP contribution in [0.15, 0.2) is 24.3 Å². The summed E-state index contributed by atoms with van der Waals surface area (Å²) in [5.74, 6) is -0.908. The number of benzene rings is 1. The van der Waals surface area contributed by atoms with Crippen molar-refractivity contribution in [1.82, 2.24) is 15.2 Å². The monoisotopic (exact) mass is 402 g/mol. The van der Waals surface area contributed by atoms with Crippen LogP contribution in [0.3, 0.4) is 0 Å². The van der Waals surface area contributed by atoms with E-state index in [1.165, 1.54) is 19.2 Å². The summed E-state index contributed by atoms with van der Waals surface area (Å²) in [6.45, 7) is 8.21. The molecule has 7 nitrogen and oxygen atoms in total. The second-order valence-electron chi connectivity index (χ2n) is 7.18. The fourth-order valence-electron chi connectivity index (χ4n) is 3.68. The highest BCUT2D eigenvalue weighted by atomic mass is 19.1. The summed E-state index contributed by atoms with van der Waals surface area (Å²) < 4.78 is 17.8. The number of hydrogen-bond donors (Lipinski definition) is 2. The minimum Gasteiger partial charge on any atom is -0.465 e. The quantitative estimate of drug-likeness (QED) is 0.724. The Morgan fingerprint density at radius 2 is 1.79 bits per heavy atom. The number of H-pyrrole nitrogens is 1. The lowest BCUT2D eigenvalue weighted by molar-refractivity contribution is 0.0599. The average molecular weight is 402 g/mol. The Hall–Kier alpha value is -2.87. The van der Waals surface area contributed by atoms with Crippen molar-refractivity contribution in [2.75, 3.05) is 51.3 Å². The molecule has 1 fully saturated rings. The van der Waals surface area contributed by atoms with Gasteiger partial charge < -0.3 is 19.9 Å². The van der Waals surface area contributed by atoms with Gasteiger partial charge in [-0.15, -0.1) is 0 Å². The van der Waals surface area contributed by atoms with Crippen LogP contribution >= 0.6 is 0 Å². The lowest BCUT2D eigenvalue weighted by atomic mass is 10.1. The Kier molecular flexibility index (Phi) is 6.53. The smallest absolute Gasteiger partial charge is 0.339 e. The van der Waals surface area contributed by atoms with Crippen LogP contribution in [0.5, 0.6) is 0 Å². The first-order valence-electron chi connectivity index (χ1n) is 9.69. The van der Waals surface area contributed by atoms with E-state index in [1.807, 2.05) is 0 Å². The molecule has 1 amide bonds. The molecule has 1 aromatic heterocycles. The largest absolute Gasteiger partial charge is 0.465 e. The maximum atomic E-state index is 13.1. The number of piperazine rings is 1. The van der Waals surface area contributed by atoms with E-state index in [-0.39, 0.29) is 11.7 Å². The van der Waals surface area contributed by atoms with E-state index in [4.69, 9.17) is 4.74 Å². The van der Waals surface area contributed by atoms with E-state index in [9.17, 15) is 14.0 Å². The molecule has 156 valence electrons. The number of aromatic amines is 1. The van der Waals surface area contributed by atoms with Crippen molar-refractivity contribution in [3.8, 4) is 0 Å². The van der Waals surface area contributed by atoms with Crippen molar-refractivity contribution < 1.29 is 18.7 Å². The molecule has 1 aliphatic rings. The van der Waals surface area contributed by atoms with Crippen LogP contribution in [-0.2, 0) is 4.74 Å². The molecule has 0 atom stereocenters. The predicted molar refractivity (Wildman–Crippen MR) is 109 cm³/mol. The van der Waals surface area contributed by atoms with Crippen LogP contribution in [0.4, 0.5) is 10.1 Å². The number of nitrogens with one attached hydrogen (secondary N) is 2. The van der Waals surface area contributed by atoms with E-state index in [0.717, 1.165) is 38.4 Å². The van der Waals surface area contributed by atoms with Gasteiger partial charge in [-0.05, 0) is 43.7 Å². The zero-order chi connectivity index (χ0) is 21.0. The van der Waals surface area contributed by atoms with Gasteiger partial charge in [-0.1, -0.05) is 0 Å². The Bertz CT molecular complexity index is 871. The van der Waals surface area contributed by atoms with E-state index in [1.54, 1.807) is 26.0 Å². The summed E-state index contributed by atoms with van der Waals surface area (Å²) in [5.41, 5.74) is 3.05. The topological polar surface area (TPSA) is 77.7 Å². The van der Waals surface area contributed by atoms with E-state index in [2.05, 4.69) is 20.1 Å². The minimum absolute atomic E-state index is 0.227. The SMILES string of the molecule is COC(=O)c1c(C)[nH]c(C(=O)NCCN2CCN(c3ccc(F)cc3)CC2)c1C. The second kappa shape index (κ2) is 9.09. The average Bonchev–Trinajstić information content (AvgIpc) is 3.02. The lowest BCUT2D eigenvalue weighted by Gasteiger charge is -2.36. The molecule has 1 aromatic carbocycles. The van der Waals surface area contributed by atoms with Gasteiger partial charge in [0.15, 0.2) is 0 Å². The molecule has 2 N–H and O–H groups in total. The number of aromatic nitrogens is 1. The van der Waals surface area contributed by atoms with Crippen molar-refractivity contribution in [3.63, 3.8) is 0 Å². The van der Waals surface area contributed by atoms with Crippen LogP contribution in [0.25, 0.3) is 0 Å². The molecule has 0 bridgehead atoms.